The molecule has 0 bridgehead atoms. The summed E-state index contributed by atoms with van der Waals surface area (Å²) in [5, 5.41) is 31.8. The van der Waals surface area contributed by atoms with Gasteiger partial charge >= 0.3 is 0 Å². The zero-order chi connectivity index (χ0) is 34.1. The lowest BCUT2D eigenvalue weighted by atomic mass is 9.91. The number of fused-ring (bicyclic) bond motifs is 5. The van der Waals surface area contributed by atoms with Crippen molar-refractivity contribution in [3.8, 4) is 33.8 Å². The van der Waals surface area contributed by atoms with E-state index in [1.54, 1.807) is 0 Å². The third-order valence-corrected chi connectivity index (χ3v) is 10.5. The number of para-hydroxylation sites is 2. The molecule has 4 heteroatoms. The predicted octanol–water partition coefficient (Wildman–Crippen LogP) is 12.3. The molecule has 0 radical (unpaired) electrons. The third-order valence-electron chi connectivity index (χ3n) is 10.5. The number of nitrogens with zero attached hydrogens (tertiary/aromatic N) is 2. The fourth-order valence-electron chi connectivity index (χ4n) is 8.17. The molecule has 242 valence electrons. The van der Waals surface area contributed by atoms with Crippen molar-refractivity contribution in [3.05, 3.63) is 170 Å². The maximum Gasteiger partial charge on any atom is 0.124 e. The van der Waals surface area contributed by atoms with Crippen molar-refractivity contribution in [1.29, 1.82) is 0 Å². The molecule has 9 aromatic carbocycles. The summed E-state index contributed by atoms with van der Waals surface area (Å²) in [5.74, 6) is 0.498. The predicted molar refractivity (Wildman–Crippen MR) is 213 cm³/mol. The molecule has 1 aliphatic rings. The van der Waals surface area contributed by atoms with Crippen molar-refractivity contribution in [1.82, 2.24) is 0 Å². The van der Waals surface area contributed by atoms with Crippen LogP contribution in [0.1, 0.15) is 0 Å². The summed E-state index contributed by atoms with van der Waals surface area (Å²) in [6, 6.07) is 58.2. The van der Waals surface area contributed by atoms with Crippen LogP contribution in [0.2, 0.25) is 0 Å². The van der Waals surface area contributed by atoms with Gasteiger partial charge in [0.1, 0.15) is 18.2 Å². The summed E-state index contributed by atoms with van der Waals surface area (Å²) < 4.78 is 0. The molecular weight excluding hydrogens is 625 g/mol. The Bertz CT molecular complexity index is 2650. The maximum atomic E-state index is 11.6. The van der Waals surface area contributed by atoms with Crippen LogP contribution >= 0.6 is 0 Å². The highest BCUT2D eigenvalue weighted by molar-refractivity contribution is 6.15. The Balaban J connectivity index is 1.24. The first-order chi connectivity index (χ1) is 25.2. The number of benzene rings is 9. The highest BCUT2D eigenvalue weighted by atomic mass is 16.3. The zero-order valence-corrected chi connectivity index (χ0v) is 27.7. The van der Waals surface area contributed by atoms with Crippen LogP contribution < -0.4 is 9.80 Å². The monoisotopic (exact) mass is 656 g/mol. The van der Waals surface area contributed by atoms with Crippen molar-refractivity contribution in [2.24, 2.45) is 0 Å². The number of aromatic hydroxyl groups is 2. The summed E-state index contributed by atoms with van der Waals surface area (Å²) >= 11 is 0. The maximum absolute atomic E-state index is 11.6. The second kappa shape index (κ2) is 11.4. The van der Waals surface area contributed by atoms with Gasteiger partial charge in [-0.2, -0.15) is 0 Å². The molecule has 1 heterocycles. The molecule has 0 fully saturated rings. The van der Waals surface area contributed by atoms with E-state index in [9.17, 15) is 10.2 Å². The lowest BCUT2D eigenvalue weighted by molar-refractivity contribution is 0.477. The van der Waals surface area contributed by atoms with Crippen molar-refractivity contribution in [2.45, 2.75) is 0 Å². The molecule has 0 amide bonds. The average Bonchev–Trinajstić information content (AvgIpc) is 3.57. The molecule has 1 aliphatic heterocycles. The molecule has 4 nitrogen and oxygen atoms in total. The van der Waals surface area contributed by atoms with Gasteiger partial charge in [-0.3, -0.25) is 0 Å². The highest BCUT2D eigenvalue weighted by Crippen LogP contribution is 2.54. The minimum atomic E-state index is 0.249. The van der Waals surface area contributed by atoms with E-state index in [0.717, 1.165) is 88.1 Å². The van der Waals surface area contributed by atoms with E-state index in [1.165, 1.54) is 0 Å². The van der Waals surface area contributed by atoms with Crippen LogP contribution in [0, 0.1) is 0 Å². The molecule has 0 spiro atoms. The van der Waals surface area contributed by atoms with Crippen LogP contribution in [0.25, 0.3) is 65.3 Å². The number of anilines is 4. The van der Waals surface area contributed by atoms with E-state index in [1.807, 2.05) is 48.5 Å². The largest absolute Gasteiger partial charge is 0.507 e. The van der Waals surface area contributed by atoms with Gasteiger partial charge in [0.25, 0.3) is 0 Å². The Morgan fingerprint density at radius 2 is 0.608 bits per heavy atom. The molecule has 0 saturated carbocycles. The Labute approximate surface area is 295 Å². The molecule has 0 aromatic heterocycles. The second-order valence-corrected chi connectivity index (χ2v) is 13.2. The highest BCUT2D eigenvalue weighted by Gasteiger charge is 2.33. The van der Waals surface area contributed by atoms with Gasteiger partial charge < -0.3 is 20.0 Å². The Kier molecular flexibility index (Phi) is 6.52. The lowest BCUT2D eigenvalue weighted by Crippen LogP contribution is -2.25. The first kappa shape index (κ1) is 29.2. The van der Waals surface area contributed by atoms with Crippen LogP contribution in [0.4, 0.5) is 22.7 Å². The number of hydrogen-bond donors (Lipinski definition) is 2. The zero-order valence-electron chi connectivity index (χ0n) is 27.7. The molecule has 2 N–H and O–H groups in total. The van der Waals surface area contributed by atoms with Crippen molar-refractivity contribution < 1.29 is 10.2 Å². The molecule has 0 aliphatic carbocycles. The van der Waals surface area contributed by atoms with Gasteiger partial charge in [-0.05, 0) is 79.5 Å². The van der Waals surface area contributed by atoms with E-state index >= 15 is 0 Å². The Morgan fingerprint density at radius 3 is 1.00 bits per heavy atom. The fourth-order valence-corrected chi connectivity index (χ4v) is 8.17. The van der Waals surface area contributed by atoms with Gasteiger partial charge in [0.15, 0.2) is 0 Å². The summed E-state index contributed by atoms with van der Waals surface area (Å²) in [4.78, 5) is 4.72. The number of phenolic OH excluding ortho intramolecular Hbond substituents is 2. The van der Waals surface area contributed by atoms with Crippen LogP contribution in [0.15, 0.2) is 170 Å². The summed E-state index contributed by atoms with van der Waals surface area (Å²) in [6.07, 6.45) is 0. The van der Waals surface area contributed by atoms with Crippen LogP contribution in [-0.4, -0.2) is 16.9 Å². The van der Waals surface area contributed by atoms with E-state index in [2.05, 4.69) is 131 Å². The quantitative estimate of drug-likeness (QED) is 0.198. The summed E-state index contributed by atoms with van der Waals surface area (Å²) in [7, 11) is 0. The van der Waals surface area contributed by atoms with Crippen LogP contribution in [0.5, 0.6) is 11.5 Å². The smallest absolute Gasteiger partial charge is 0.124 e. The van der Waals surface area contributed by atoms with Gasteiger partial charge in [0, 0.05) is 22.3 Å². The standard InChI is InChI=1S/C47H32N2O2/c50-42-27-23-32-13-3-7-17-36(32)46(42)44-34-15-5-1-11-30(34)21-25-40(44)48-29-49(39-20-10-9-19-38(39)48)41-26-22-31-12-2-6-16-35(31)45(41)47-37-18-8-4-14-33(37)24-28-43(47)51/h1-28,50-51H,29H2. The average molecular weight is 657 g/mol. The van der Waals surface area contributed by atoms with Crippen molar-refractivity contribution in [2.75, 3.05) is 16.5 Å². The Hall–Kier alpha value is -6.78. The van der Waals surface area contributed by atoms with E-state index in [-0.39, 0.29) is 11.5 Å². The van der Waals surface area contributed by atoms with Gasteiger partial charge in [0.05, 0.1) is 22.7 Å². The van der Waals surface area contributed by atoms with Crippen molar-refractivity contribution >= 4 is 65.8 Å². The normalized spacial score (nSPS) is 12.7. The van der Waals surface area contributed by atoms with E-state index < -0.39 is 0 Å². The number of rotatable bonds is 4. The summed E-state index contributed by atoms with van der Waals surface area (Å²) in [6.45, 7) is 0.521. The van der Waals surface area contributed by atoms with Crippen LogP contribution in [-0.2, 0) is 0 Å². The Morgan fingerprint density at radius 1 is 0.294 bits per heavy atom. The number of phenols is 2. The fraction of sp³-hybridized carbons (Fsp3) is 0.0213. The van der Waals surface area contributed by atoms with Crippen LogP contribution in [0.3, 0.4) is 0 Å². The molecular formula is C47H32N2O2. The van der Waals surface area contributed by atoms with Gasteiger partial charge in [-0.1, -0.05) is 133 Å². The van der Waals surface area contributed by atoms with E-state index in [0.29, 0.717) is 6.67 Å². The first-order valence-electron chi connectivity index (χ1n) is 17.3. The second-order valence-electron chi connectivity index (χ2n) is 13.2. The molecule has 0 saturated heterocycles. The minimum absolute atomic E-state index is 0.249. The molecule has 10 rings (SSSR count). The lowest BCUT2D eigenvalue weighted by Gasteiger charge is -2.28. The molecule has 9 aromatic rings. The molecule has 51 heavy (non-hydrogen) atoms. The third kappa shape index (κ3) is 4.47. The van der Waals surface area contributed by atoms with E-state index in [4.69, 9.17) is 0 Å². The SMILES string of the molecule is Oc1ccc2ccccc2c1-c1c(N2CN(c3ccc4ccccc4c3-c3c(O)ccc4ccccc34)c3ccccc32)ccc2ccccc12. The topological polar surface area (TPSA) is 46.9 Å². The van der Waals surface area contributed by atoms with Gasteiger partial charge in [0.2, 0.25) is 0 Å². The minimum Gasteiger partial charge on any atom is -0.507 e. The number of hydrogen-bond acceptors (Lipinski definition) is 4. The van der Waals surface area contributed by atoms with Gasteiger partial charge in [-0.15, -0.1) is 0 Å². The summed E-state index contributed by atoms with van der Waals surface area (Å²) in [5.41, 5.74) is 7.76. The van der Waals surface area contributed by atoms with Crippen molar-refractivity contribution in [3.63, 3.8) is 0 Å². The molecule has 0 unspecified atom stereocenters. The molecule has 0 atom stereocenters. The first-order valence-corrected chi connectivity index (χ1v) is 17.3. The van der Waals surface area contributed by atoms with Gasteiger partial charge in [-0.25, -0.2) is 0 Å².